The molecular formula is C13H18FNO2. The minimum Gasteiger partial charge on any atom is -0.385 e. The lowest BCUT2D eigenvalue weighted by Gasteiger charge is -2.13. The van der Waals surface area contributed by atoms with Crippen LogP contribution in [0.5, 0.6) is 0 Å². The second kappa shape index (κ2) is 6.35. The average Bonchev–Trinajstić information content (AvgIpc) is 2.26. The molecular weight excluding hydrogens is 221 g/mol. The zero-order valence-electron chi connectivity index (χ0n) is 10.4. The van der Waals surface area contributed by atoms with Gasteiger partial charge in [-0.1, -0.05) is 6.07 Å². The second-order valence-electron chi connectivity index (χ2n) is 4.14. The molecule has 0 fully saturated rings. The number of rotatable bonds is 5. The molecule has 94 valence electrons. The zero-order valence-corrected chi connectivity index (χ0v) is 10.4. The average molecular weight is 239 g/mol. The van der Waals surface area contributed by atoms with Gasteiger partial charge in [0.25, 0.3) is 5.91 Å². The fourth-order valence-electron chi connectivity index (χ4n) is 1.47. The van der Waals surface area contributed by atoms with E-state index < -0.39 is 5.82 Å². The van der Waals surface area contributed by atoms with Crippen LogP contribution in [-0.4, -0.2) is 25.7 Å². The number of ether oxygens (including phenoxy) is 1. The molecule has 0 spiro atoms. The lowest BCUT2D eigenvalue weighted by Crippen LogP contribution is -2.33. The Hall–Kier alpha value is -1.42. The van der Waals surface area contributed by atoms with Crippen molar-refractivity contribution in [2.75, 3.05) is 13.7 Å². The first-order chi connectivity index (χ1) is 8.04. The van der Waals surface area contributed by atoms with Gasteiger partial charge in [-0.3, -0.25) is 4.79 Å². The number of hydrogen-bond donors (Lipinski definition) is 1. The van der Waals surface area contributed by atoms with Gasteiger partial charge in [0.1, 0.15) is 5.82 Å². The van der Waals surface area contributed by atoms with Crippen LogP contribution in [0.15, 0.2) is 18.2 Å². The highest BCUT2D eigenvalue weighted by molar-refractivity contribution is 5.94. The molecule has 4 heteroatoms. The molecule has 0 heterocycles. The van der Waals surface area contributed by atoms with Gasteiger partial charge in [-0.2, -0.15) is 0 Å². The Kier molecular flexibility index (Phi) is 5.10. The summed E-state index contributed by atoms with van der Waals surface area (Å²) < 4.78 is 18.4. The fourth-order valence-corrected chi connectivity index (χ4v) is 1.47. The largest absolute Gasteiger partial charge is 0.385 e. The van der Waals surface area contributed by atoms with E-state index in [1.54, 1.807) is 20.1 Å². The van der Waals surface area contributed by atoms with Crippen LogP contribution in [0.4, 0.5) is 4.39 Å². The van der Waals surface area contributed by atoms with Crippen LogP contribution < -0.4 is 5.32 Å². The summed E-state index contributed by atoms with van der Waals surface area (Å²) in [5, 5.41) is 2.73. The van der Waals surface area contributed by atoms with Crippen molar-refractivity contribution in [2.24, 2.45) is 0 Å². The first kappa shape index (κ1) is 13.6. The molecule has 1 N–H and O–H groups in total. The van der Waals surface area contributed by atoms with E-state index in [0.717, 1.165) is 5.56 Å². The highest BCUT2D eigenvalue weighted by atomic mass is 19.1. The van der Waals surface area contributed by atoms with Crippen LogP contribution in [0.2, 0.25) is 0 Å². The third-order valence-electron chi connectivity index (χ3n) is 2.50. The Morgan fingerprint density at radius 1 is 1.53 bits per heavy atom. The molecule has 1 unspecified atom stereocenters. The quantitative estimate of drug-likeness (QED) is 0.856. The fraction of sp³-hybridized carbons (Fsp3) is 0.462. The lowest BCUT2D eigenvalue weighted by atomic mass is 10.1. The van der Waals surface area contributed by atoms with Gasteiger partial charge in [0.2, 0.25) is 0 Å². The van der Waals surface area contributed by atoms with Crippen molar-refractivity contribution in [3.05, 3.63) is 35.1 Å². The summed E-state index contributed by atoms with van der Waals surface area (Å²) >= 11 is 0. The summed E-state index contributed by atoms with van der Waals surface area (Å²) in [7, 11) is 1.61. The van der Waals surface area contributed by atoms with Crippen LogP contribution in [0.1, 0.15) is 29.3 Å². The molecule has 0 radical (unpaired) electrons. The third kappa shape index (κ3) is 4.15. The summed E-state index contributed by atoms with van der Waals surface area (Å²) in [6.45, 7) is 4.22. The van der Waals surface area contributed by atoms with Gasteiger partial charge in [0, 0.05) is 19.8 Å². The predicted octanol–water partition coefficient (Wildman–Crippen LogP) is 2.29. The van der Waals surface area contributed by atoms with Gasteiger partial charge in [0.05, 0.1) is 5.56 Å². The van der Waals surface area contributed by atoms with Crippen LogP contribution in [0, 0.1) is 12.7 Å². The third-order valence-corrected chi connectivity index (χ3v) is 2.50. The number of benzene rings is 1. The Balaban J connectivity index is 2.63. The smallest absolute Gasteiger partial charge is 0.254 e. The lowest BCUT2D eigenvalue weighted by molar-refractivity contribution is 0.0925. The Bertz CT molecular complexity index is 393. The van der Waals surface area contributed by atoms with Crippen molar-refractivity contribution in [1.29, 1.82) is 0 Å². The molecule has 0 aliphatic carbocycles. The monoisotopic (exact) mass is 239 g/mol. The van der Waals surface area contributed by atoms with E-state index in [4.69, 9.17) is 4.74 Å². The highest BCUT2D eigenvalue weighted by Crippen LogP contribution is 2.10. The number of aryl methyl sites for hydroxylation is 1. The van der Waals surface area contributed by atoms with E-state index in [1.807, 2.05) is 6.92 Å². The highest BCUT2D eigenvalue weighted by Gasteiger charge is 2.13. The molecule has 0 aliphatic rings. The summed E-state index contributed by atoms with van der Waals surface area (Å²) in [5.74, 6) is -0.868. The minimum absolute atomic E-state index is 0.0387. The molecule has 0 aromatic heterocycles. The molecule has 17 heavy (non-hydrogen) atoms. The molecule has 0 saturated carbocycles. The second-order valence-corrected chi connectivity index (χ2v) is 4.14. The van der Waals surface area contributed by atoms with E-state index in [1.165, 1.54) is 12.1 Å². The SMILES string of the molecule is COCCC(C)NC(=O)c1ccc(C)cc1F. The van der Waals surface area contributed by atoms with Crippen LogP contribution in [0.3, 0.4) is 0 Å². The van der Waals surface area contributed by atoms with Crippen molar-refractivity contribution in [3.8, 4) is 0 Å². The standard InChI is InChI=1S/C13H18FNO2/c1-9-4-5-11(12(14)8-9)13(16)15-10(2)6-7-17-3/h4-5,8,10H,6-7H2,1-3H3,(H,15,16). The molecule has 1 atom stereocenters. The number of nitrogens with one attached hydrogen (secondary N) is 1. The summed E-state index contributed by atoms with van der Waals surface area (Å²) in [5.41, 5.74) is 0.881. The maximum atomic E-state index is 13.5. The maximum absolute atomic E-state index is 13.5. The van der Waals surface area contributed by atoms with Crippen LogP contribution in [-0.2, 0) is 4.74 Å². The first-order valence-electron chi connectivity index (χ1n) is 5.60. The van der Waals surface area contributed by atoms with Crippen LogP contribution in [0.25, 0.3) is 0 Å². The number of hydrogen-bond acceptors (Lipinski definition) is 2. The van der Waals surface area contributed by atoms with E-state index in [2.05, 4.69) is 5.32 Å². The molecule has 3 nitrogen and oxygen atoms in total. The van der Waals surface area contributed by atoms with Gasteiger partial charge < -0.3 is 10.1 Å². The number of amides is 1. The zero-order chi connectivity index (χ0) is 12.8. The number of carbonyl (C=O) groups is 1. The molecule has 1 aromatic rings. The summed E-state index contributed by atoms with van der Waals surface area (Å²) in [6.07, 6.45) is 0.704. The summed E-state index contributed by atoms with van der Waals surface area (Å²) in [4.78, 5) is 11.8. The maximum Gasteiger partial charge on any atom is 0.254 e. The van der Waals surface area contributed by atoms with E-state index in [0.29, 0.717) is 13.0 Å². The van der Waals surface area contributed by atoms with Crippen LogP contribution >= 0.6 is 0 Å². The molecule has 0 saturated heterocycles. The van der Waals surface area contributed by atoms with Gasteiger partial charge in [-0.25, -0.2) is 4.39 Å². The van der Waals surface area contributed by atoms with Gasteiger partial charge in [-0.05, 0) is 38.0 Å². The molecule has 1 aromatic carbocycles. The van der Waals surface area contributed by atoms with Gasteiger partial charge >= 0.3 is 0 Å². The minimum atomic E-state index is -0.485. The molecule has 0 aliphatic heterocycles. The van der Waals surface area contributed by atoms with Crippen molar-refractivity contribution < 1.29 is 13.9 Å². The van der Waals surface area contributed by atoms with Gasteiger partial charge in [-0.15, -0.1) is 0 Å². The van der Waals surface area contributed by atoms with Crippen molar-refractivity contribution in [2.45, 2.75) is 26.3 Å². The first-order valence-corrected chi connectivity index (χ1v) is 5.60. The normalized spacial score (nSPS) is 12.2. The van der Waals surface area contributed by atoms with Gasteiger partial charge in [0.15, 0.2) is 0 Å². The number of methoxy groups -OCH3 is 1. The summed E-state index contributed by atoms with van der Waals surface area (Å²) in [6, 6.07) is 4.54. The molecule has 1 rings (SSSR count). The van der Waals surface area contributed by atoms with E-state index >= 15 is 0 Å². The number of carbonyl (C=O) groups excluding carboxylic acids is 1. The number of halogens is 1. The van der Waals surface area contributed by atoms with E-state index in [-0.39, 0.29) is 17.5 Å². The molecule has 0 bridgehead atoms. The van der Waals surface area contributed by atoms with Crippen molar-refractivity contribution >= 4 is 5.91 Å². The Morgan fingerprint density at radius 3 is 2.82 bits per heavy atom. The predicted molar refractivity (Wildman–Crippen MR) is 64.6 cm³/mol. The van der Waals surface area contributed by atoms with E-state index in [9.17, 15) is 9.18 Å². The Morgan fingerprint density at radius 2 is 2.24 bits per heavy atom. The van der Waals surface area contributed by atoms with Crippen molar-refractivity contribution in [3.63, 3.8) is 0 Å². The molecule has 1 amide bonds. The topological polar surface area (TPSA) is 38.3 Å². The Labute approximate surface area is 101 Å². The van der Waals surface area contributed by atoms with Crippen molar-refractivity contribution in [1.82, 2.24) is 5.32 Å².